The Hall–Kier alpha value is -3.54. The third-order valence-electron chi connectivity index (χ3n) is 6.12. The summed E-state index contributed by atoms with van der Waals surface area (Å²) < 4.78 is 13.2. The summed E-state index contributed by atoms with van der Waals surface area (Å²) >= 11 is 2.39. The lowest BCUT2D eigenvalue weighted by Crippen LogP contribution is -3.04. The minimum atomic E-state index is -1.79. The number of carbonyl (C=O) groups is 4. The second-order valence-corrected chi connectivity index (χ2v) is 13.0. The lowest BCUT2D eigenvalue weighted by Gasteiger charge is -2.49. The maximum Gasteiger partial charge on any atom is 0.352 e. The number of likely N-dealkylation sites (N-methyl/N-ethyl adjacent to an activating group) is 1. The van der Waals surface area contributed by atoms with Crippen LogP contribution in [0.2, 0.25) is 0 Å². The Bertz CT molecular complexity index is 1410. The molecule has 4 rings (SSSR count). The summed E-state index contributed by atoms with van der Waals surface area (Å²) in [6.45, 7) is 3.22. The summed E-state index contributed by atoms with van der Waals surface area (Å²) in [6.07, 6.45) is 5.91. The predicted molar refractivity (Wildman–Crippen MR) is 148 cm³/mol. The summed E-state index contributed by atoms with van der Waals surface area (Å²) in [5.74, 6) is -4.25. The molecule has 14 nitrogen and oxygen atoms in total. The van der Waals surface area contributed by atoms with Crippen molar-refractivity contribution in [1.82, 2.24) is 15.2 Å². The van der Waals surface area contributed by atoms with Crippen molar-refractivity contribution < 1.29 is 43.3 Å². The number of carboxylic acids is 2. The van der Waals surface area contributed by atoms with Gasteiger partial charge in [-0.2, -0.15) is 0 Å². The minimum Gasteiger partial charge on any atom is -0.478 e. The number of anilines is 1. The van der Waals surface area contributed by atoms with Crippen LogP contribution >= 0.6 is 23.1 Å². The lowest BCUT2D eigenvalue weighted by molar-refractivity contribution is -0.818. The van der Waals surface area contributed by atoms with E-state index in [-0.39, 0.29) is 28.0 Å². The normalized spacial score (nSPS) is 24.7. The molecule has 1 fully saturated rings. The average molecular weight is 612 g/mol. The molecule has 1 aromatic rings. The quantitative estimate of drug-likeness (QED) is 0.120. The highest BCUT2D eigenvalue weighted by molar-refractivity contribution is 8.03. The van der Waals surface area contributed by atoms with Gasteiger partial charge < -0.3 is 31.0 Å². The second-order valence-electron chi connectivity index (χ2n) is 9.53. The fourth-order valence-corrected chi connectivity index (χ4v) is 7.18. The van der Waals surface area contributed by atoms with E-state index in [9.17, 15) is 33.6 Å². The number of oxime groups is 1. The Labute approximate surface area is 239 Å². The molecule has 0 aromatic carbocycles. The van der Waals surface area contributed by atoms with Gasteiger partial charge in [0.15, 0.2) is 10.8 Å². The Balaban J connectivity index is 1.54. The molecule has 17 heteroatoms. The number of β-lactam (4-membered cyclic amide) rings is 1. The fraction of sp³-hybridized carbons (Fsp3) is 0.391. The molecule has 1 aromatic heterocycles. The van der Waals surface area contributed by atoms with Gasteiger partial charge in [-0.3, -0.25) is 18.7 Å². The van der Waals surface area contributed by atoms with Crippen LogP contribution in [0.15, 0.2) is 45.1 Å². The third kappa shape index (κ3) is 5.96. The zero-order chi connectivity index (χ0) is 29.4. The lowest BCUT2D eigenvalue weighted by atomic mass is 10.0. The molecule has 4 unspecified atom stereocenters. The summed E-state index contributed by atoms with van der Waals surface area (Å²) in [5, 5.41) is 25.7. The predicted octanol–water partition coefficient (Wildman–Crippen LogP) is -1.28. The zero-order valence-electron chi connectivity index (χ0n) is 21.6. The number of amides is 2. The van der Waals surface area contributed by atoms with Crippen molar-refractivity contribution in [2.45, 2.75) is 30.9 Å². The number of thiazole rings is 1. The van der Waals surface area contributed by atoms with Gasteiger partial charge in [0.2, 0.25) is 5.60 Å². The number of nitrogens with two attached hydrogens (primary N) is 1. The molecular formula is C23H27N6O8S3+. The highest BCUT2D eigenvalue weighted by Crippen LogP contribution is 2.37. The average Bonchev–Trinajstić information content (AvgIpc) is 3.31. The van der Waals surface area contributed by atoms with E-state index in [4.69, 9.17) is 10.6 Å². The molecule has 2 amide bonds. The summed E-state index contributed by atoms with van der Waals surface area (Å²) in [5.41, 5.74) is 3.49. The van der Waals surface area contributed by atoms with Gasteiger partial charge in [-0.25, -0.2) is 14.6 Å². The number of nitrogens with zero attached hydrogens (tertiary/aromatic N) is 3. The van der Waals surface area contributed by atoms with E-state index in [0.717, 1.165) is 27.7 Å². The molecule has 40 heavy (non-hydrogen) atoms. The minimum absolute atomic E-state index is 0.0288. The maximum absolute atomic E-state index is 13.2. The van der Waals surface area contributed by atoms with Crippen LogP contribution in [0.5, 0.6) is 0 Å². The molecule has 214 valence electrons. The first-order chi connectivity index (χ1) is 18.8. The van der Waals surface area contributed by atoms with Gasteiger partial charge in [0.1, 0.15) is 29.4 Å². The number of nitrogen functional groups attached to an aromatic ring is 1. The molecule has 0 aliphatic carbocycles. The number of carbonyl (C=O) groups excluding carboxylic acids is 2. The molecule has 6 N–H and O–H groups in total. The van der Waals surface area contributed by atoms with Gasteiger partial charge in [0, 0.05) is 22.1 Å². The number of aromatic nitrogens is 1. The Kier molecular flexibility index (Phi) is 8.48. The number of thioether (sulfide) groups is 1. The van der Waals surface area contributed by atoms with Crippen LogP contribution in [0.3, 0.4) is 0 Å². The molecule has 0 spiro atoms. The number of fused-ring (bicyclic) bond motifs is 1. The van der Waals surface area contributed by atoms with Gasteiger partial charge in [-0.1, -0.05) is 5.16 Å². The molecule has 4 heterocycles. The Morgan fingerprint density at radius 3 is 2.70 bits per heavy atom. The van der Waals surface area contributed by atoms with Crippen LogP contribution in [0.1, 0.15) is 19.5 Å². The van der Waals surface area contributed by atoms with Crippen molar-refractivity contribution >= 4 is 68.5 Å². The van der Waals surface area contributed by atoms with E-state index in [2.05, 4.69) is 15.5 Å². The monoisotopic (exact) mass is 611 g/mol. The number of hydrogen-bond donors (Lipinski definition) is 5. The molecular weight excluding hydrogens is 584 g/mol. The standard InChI is InChI=1S/C23H26N6O8S3/c1-23(2,21(34)35)37-27-14(13-9-39-22(24)25-13)17(30)26-15-18(31)29-16(20(32)33)11(10-40(36)19(15)29)8-38-12-4-6-28(3)7-5-12/h4-6,9,15,19H,7-8,10H2,1-3H3,(H2,24,25)(H,26,30)(H,32,33)(H,34,35)/p+1. The number of carboxylic acid groups (broad SMARTS) is 2. The maximum atomic E-state index is 13.2. The molecule has 0 saturated carbocycles. The van der Waals surface area contributed by atoms with Crippen molar-refractivity contribution in [3.63, 3.8) is 0 Å². The summed E-state index contributed by atoms with van der Waals surface area (Å²) in [7, 11) is 0.279. The topological polar surface area (TPSA) is 206 Å². The number of rotatable bonds is 10. The van der Waals surface area contributed by atoms with Crippen molar-refractivity contribution in [1.29, 1.82) is 0 Å². The van der Waals surface area contributed by atoms with Crippen molar-refractivity contribution in [2.75, 3.05) is 30.8 Å². The molecule has 1 saturated heterocycles. The van der Waals surface area contributed by atoms with E-state index in [1.165, 1.54) is 35.9 Å². The van der Waals surface area contributed by atoms with E-state index < -0.39 is 57.3 Å². The van der Waals surface area contributed by atoms with E-state index in [0.29, 0.717) is 5.57 Å². The number of quaternary nitrogens is 1. The Morgan fingerprint density at radius 2 is 2.12 bits per heavy atom. The molecule has 0 bridgehead atoms. The smallest absolute Gasteiger partial charge is 0.352 e. The summed E-state index contributed by atoms with van der Waals surface area (Å²) in [4.78, 5) is 62.0. The van der Waals surface area contributed by atoms with Gasteiger partial charge in [-0.05, 0) is 25.5 Å². The van der Waals surface area contributed by atoms with Crippen LogP contribution in [0.4, 0.5) is 5.13 Å². The highest BCUT2D eigenvalue weighted by Gasteiger charge is 2.57. The van der Waals surface area contributed by atoms with Crippen LogP contribution in [0, 0.1) is 0 Å². The number of allylic oxidation sites excluding steroid dienone is 1. The molecule has 3 aliphatic rings. The Morgan fingerprint density at radius 1 is 1.40 bits per heavy atom. The van der Waals surface area contributed by atoms with Gasteiger partial charge in [0.05, 0.1) is 29.8 Å². The van der Waals surface area contributed by atoms with Crippen LogP contribution in [-0.4, -0.2) is 95.9 Å². The largest absolute Gasteiger partial charge is 0.478 e. The van der Waals surface area contributed by atoms with E-state index in [1.807, 2.05) is 25.4 Å². The van der Waals surface area contributed by atoms with Crippen LogP contribution < -0.4 is 16.0 Å². The van der Waals surface area contributed by atoms with E-state index in [1.54, 1.807) is 0 Å². The number of hydrogen-bond acceptors (Lipinski definition) is 11. The number of nitrogens with one attached hydrogen (secondary N) is 2. The zero-order valence-corrected chi connectivity index (χ0v) is 24.0. The number of aliphatic carboxylic acids is 2. The first kappa shape index (κ1) is 29.4. The van der Waals surface area contributed by atoms with Crippen LogP contribution in [0.25, 0.3) is 0 Å². The molecule has 0 radical (unpaired) electrons. The SMILES string of the molecule is C[NH+]1C=CC(SCC2=C(C(=O)O)N3C(=O)C(NC(=O)C(=NOC(C)(C)C(=O)O)c4csc(N)n4)C3S(=O)C2)=CC1. The first-order valence-corrected chi connectivity index (χ1v) is 15.1. The van der Waals surface area contributed by atoms with Gasteiger partial charge in [0.25, 0.3) is 11.8 Å². The second kappa shape index (κ2) is 11.5. The first-order valence-electron chi connectivity index (χ1n) is 11.8. The van der Waals surface area contributed by atoms with E-state index >= 15 is 0 Å². The molecule has 4 atom stereocenters. The van der Waals surface area contributed by atoms with Crippen molar-refractivity contribution in [3.8, 4) is 0 Å². The van der Waals surface area contributed by atoms with Gasteiger partial charge >= 0.3 is 11.9 Å². The fourth-order valence-electron chi connectivity index (χ4n) is 3.87. The highest BCUT2D eigenvalue weighted by atomic mass is 32.2. The summed E-state index contributed by atoms with van der Waals surface area (Å²) in [6, 6.07) is -1.31. The third-order valence-corrected chi connectivity index (χ3v) is 9.58. The van der Waals surface area contributed by atoms with Crippen molar-refractivity contribution in [3.05, 3.63) is 45.6 Å². The molecule has 3 aliphatic heterocycles. The van der Waals surface area contributed by atoms with Gasteiger partial charge in [-0.15, -0.1) is 23.1 Å². The van der Waals surface area contributed by atoms with Crippen molar-refractivity contribution in [2.24, 2.45) is 5.16 Å². The van der Waals surface area contributed by atoms with Crippen LogP contribution in [-0.2, 0) is 34.8 Å².